The summed E-state index contributed by atoms with van der Waals surface area (Å²) in [6.07, 6.45) is -20.7. The van der Waals surface area contributed by atoms with E-state index >= 15 is 0 Å². The van der Waals surface area contributed by atoms with E-state index in [-0.39, 0.29) is 0 Å². The van der Waals surface area contributed by atoms with E-state index in [1.807, 2.05) is 0 Å². The Kier molecular flexibility index (Phi) is 9.16. The van der Waals surface area contributed by atoms with Gasteiger partial charge in [-0.05, 0) is 0 Å². The third kappa shape index (κ3) is 6.15. The lowest BCUT2D eigenvalue weighted by Crippen LogP contribution is -2.61. The molecular weight excluding hydrogens is 618 g/mol. The summed E-state index contributed by atoms with van der Waals surface area (Å²) in [5.74, 6) is -43.4. The number of halogens is 18. The van der Waals surface area contributed by atoms with E-state index in [0.717, 1.165) is 0 Å². The van der Waals surface area contributed by atoms with Crippen LogP contribution in [0.15, 0.2) is 0 Å². The van der Waals surface area contributed by atoms with Crippen LogP contribution in [0.3, 0.4) is 0 Å². The minimum atomic E-state index is -7.45. The van der Waals surface area contributed by atoms with Gasteiger partial charge in [-0.3, -0.25) is 0 Å². The Labute approximate surface area is 182 Å². The first-order valence-electron chi connectivity index (χ1n) is 8.00. The smallest absolute Gasteiger partial charge is 0.200 e. The van der Waals surface area contributed by atoms with Crippen LogP contribution >= 0.6 is 22.6 Å². The Morgan fingerprint density at radius 1 is 0.344 bits per heavy atom. The van der Waals surface area contributed by atoms with Crippen molar-refractivity contribution in [2.45, 2.75) is 79.7 Å². The molecule has 0 aliphatic rings. The second-order valence-corrected chi connectivity index (χ2v) is 7.69. The highest BCUT2D eigenvalue weighted by Gasteiger charge is 2.81. The van der Waals surface area contributed by atoms with Crippen LogP contribution in [0, 0.1) is 0 Å². The molecule has 194 valence electrons. The molecule has 0 unspecified atom stereocenters. The predicted molar refractivity (Wildman–Crippen MR) is 82.7 cm³/mol. The zero-order chi connectivity index (χ0) is 26.2. The molecule has 0 aromatic heterocycles. The maximum atomic E-state index is 13.5. The minimum absolute atomic E-state index is 0.612. The van der Waals surface area contributed by atoms with Crippen molar-refractivity contribution in [2.24, 2.45) is 0 Å². The Hall–Kier alpha value is -0.460. The monoisotopic (exact) mass is 630 g/mol. The van der Waals surface area contributed by atoms with Gasteiger partial charge in [0.2, 0.25) is 0 Å². The van der Waals surface area contributed by atoms with E-state index in [4.69, 9.17) is 0 Å². The van der Waals surface area contributed by atoms with Crippen molar-refractivity contribution in [1.29, 1.82) is 0 Å². The van der Waals surface area contributed by atoms with Gasteiger partial charge in [0, 0.05) is 36.5 Å². The van der Waals surface area contributed by atoms with Gasteiger partial charge in [-0.15, -0.1) is 0 Å². The maximum absolute atomic E-state index is 13.5. The van der Waals surface area contributed by atoms with Gasteiger partial charge in [-0.25, -0.2) is 0 Å². The lowest BCUT2D eigenvalue weighted by molar-refractivity contribution is -0.398. The number of alkyl halides is 18. The van der Waals surface area contributed by atoms with Crippen LogP contribution in [-0.2, 0) is 0 Å². The molecule has 0 heterocycles. The van der Waals surface area contributed by atoms with Crippen LogP contribution < -0.4 is 0 Å². The first-order chi connectivity index (χ1) is 13.7. The molecule has 0 radical (unpaired) electrons. The molecule has 0 aliphatic carbocycles. The molecule has 0 bridgehead atoms. The average molecular weight is 630 g/mol. The van der Waals surface area contributed by atoms with Gasteiger partial charge in [0.1, 0.15) is 0 Å². The van der Waals surface area contributed by atoms with E-state index in [1.54, 1.807) is 0 Å². The molecule has 0 aromatic rings. The highest BCUT2D eigenvalue weighted by Crippen LogP contribution is 2.55. The fourth-order valence-corrected chi connectivity index (χ4v) is 2.72. The van der Waals surface area contributed by atoms with Gasteiger partial charge in [0.25, 0.3) is 0 Å². The quantitative estimate of drug-likeness (QED) is 0.116. The fraction of sp³-hybridized carbons (Fsp3) is 1.00. The largest absolute Gasteiger partial charge is 0.460 e. The molecule has 0 aromatic carbocycles. The fourth-order valence-electron chi connectivity index (χ4n) is 2.04. The van der Waals surface area contributed by atoms with Gasteiger partial charge >= 0.3 is 47.6 Å². The summed E-state index contributed by atoms with van der Waals surface area (Å²) in [4.78, 5) is 0. The zero-order valence-electron chi connectivity index (χ0n) is 15.0. The van der Waals surface area contributed by atoms with Crippen LogP contribution in [0.2, 0.25) is 0 Å². The zero-order valence-corrected chi connectivity index (χ0v) is 17.2. The van der Waals surface area contributed by atoms with Crippen LogP contribution in [-0.4, -0.2) is 52.1 Å². The van der Waals surface area contributed by atoms with Crippen molar-refractivity contribution in [3.8, 4) is 0 Å². The topological polar surface area (TPSA) is 0 Å². The van der Waals surface area contributed by atoms with E-state index < -0.39 is 84.2 Å². The van der Waals surface area contributed by atoms with Crippen LogP contribution in [0.5, 0.6) is 0 Å². The Balaban J connectivity index is 5.52. The number of hydrogen-bond acceptors (Lipinski definition) is 0. The van der Waals surface area contributed by atoms with Crippen molar-refractivity contribution in [3.05, 3.63) is 0 Å². The molecule has 0 nitrogen and oxygen atoms in total. The van der Waals surface area contributed by atoms with Crippen LogP contribution in [0.25, 0.3) is 0 Å². The SMILES string of the molecule is FC(F)(F)C(F)(F)C(F)(F)C(F)(F)CCC(F)(F)C(F)(F)CCC(F)(F)C(F)(F)CCI. The first-order valence-corrected chi connectivity index (χ1v) is 9.52. The molecule has 0 spiro atoms. The first kappa shape index (κ1) is 31.5. The molecule has 0 fully saturated rings. The summed E-state index contributed by atoms with van der Waals surface area (Å²) >= 11 is 1.21. The van der Waals surface area contributed by atoms with E-state index in [2.05, 4.69) is 0 Å². The van der Waals surface area contributed by atoms with Crippen molar-refractivity contribution in [1.82, 2.24) is 0 Å². The Morgan fingerprint density at radius 2 is 0.594 bits per heavy atom. The summed E-state index contributed by atoms with van der Waals surface area (Å²) in [5.41, 5.74) is 0. The number of hydrogen-bond donors (Lipinski definition) is 0. The molecule has 0 rings (SSSR count). The highest BCUT2D eigenvalue weighted by atomic mass is 127. The second kappa shape index (κ2) is 9.30. The molecule has 0 saturated carbocycles. The van der Waals surface area contributed by atoms with Gasteiger partial charge in [0.15, 0.2) is 0 Å². The van der Waals surface area contributed by atoms with Crippen LogP contribution in [0.4, 0.5) is 74.6 Å². The summed E-state index contributed by atoms with van der Waals surface area (Å²) < 4.78 is 220. The Morgan fingerprint density at radius 3 is 0.844 bits per heavy atom. The van der Waals surface area contributed by atoms with E-state index in [1.165, 1.54) is 22.6 Å². The molecule has 0 aliphatic heterocycles. The third-order valence-electron chi connectivity index (χ3n) is 4.19. The maximum Gasteiger partial charge on any atom is 0.460 e. The van der Waals surface area contributed by atoms with E-state index in [9.17, 15) is 74.6 Å². The lowest BCUT2D eigenvalue weighted by atomic mass is 9.93. The molecule has 18 heteroatoms. The molecule has 0 saturated heterocycles. The summed E-state index contributed by atoms with van der Waals surface area (Å²) in [5, 5.41) is 0. The van der Waals surface area contributed by atoms with Crippen molar-refractivity contribution >= 4 is 22.6 Å². The summed E-state index contributed by atoms with van der Waals surface area (Å²) in [6, 6.07) is 0. The lowest BCUT2D eigenvalue weighted by Gasteiger charge is -2.35. The Bertz CT molecular complexity index is 621. The second-order valence-electron chi connectivity index (χ2n) is 6.61. The molecule has 0 amide bonds. The molecular formula is C14H12F17I. The van der Waals surface area contributed by atoms with Gasteiger partial charge < -0.3 is 0 Å². The number of rotatable bonds is 12. The summed E-state index contributed by atoms with van der Waals surface area (Å²) in [7, 11) is 0. The van der Waals surface area contributed by atoms with Gasteiger partial charge in [0.05, 0.1) is 0 Å². The molecule has 32 heavy (non-hydrogen) atoms. The van der Waals surface area contributed by atoms with Gasteiger partial charge in [-0.2, -0.15) is 74.6 Å². The predicted octanol–water partition coefficient (Wildman–Crippen LogP) is 8.38. The highest BCUT2D eigenvalue weighted by molar-refractivity contribution is 14.1. The third-order valence-corrected chi connectivity index (χ3v) is 4.73. The van der Waals surface area contributed by atoms with Gasteiger partial charge in [-0.1, -0.05) is 22.6 Å². The summed E-state index contributed by atoms with van der Waals surface area (Å²) in [6.45, 7) is 0. The van der Waals surface area contributed by atoms with Crippen molar-refractivity contribution in [3.63, 3.8) is 0 Å². The van der Waals surface area contributed by atoms with Crippen molar-refractivity contribution in [2.75, 3.05) is 4.43 Å². The standard InChI is InChI=1S/C14H12F17I/c15-7(16,1-2-9(19,20)10(21,22)5-6-32)8(17,18)3-4-11(23,24)12(25,26)13(27,28)14(29,30)31/h1-6H2. The van der Waals surface area contributed by atoms with Crippen molar-refractivity contribution < 1.29 is 74.6 Å². The van der Waals surface area contributed by atoms with Crippen LogP contribution in [0.1, 0.15) is 32.1 Å². The minimum Gasteiger partial charge on any atom is -0.200 e. The normalized spacial score (nSPS) is 15.9. The molecule has 0 N–H and O–H groups in total. The molecule has 0 atom stereocenters. The van der Waals surface area contributed by atoms with E-state index in [0.29, 0.717) is 0 Å². The average Bonchev–Trinajstić information content (AvgIpc) is 2.57.